The van der Waals surface area contributed by atoms with Gasteiger partial charge in [-0.3, -0.25) is 13.9 Å². The fourth-order valence-corrected chi connectivity index (χ4v) is 5.80. The van der Waals surface area contributed by atoms with E-state index in [9.17, 15) is 22.4 Å². The summed E-state index contributed by atoms with van der Waals surface area (Å²) in [6.45, 7) is 5.81. The van der Waals surface area contributed by atoms with Gasteiger partial charge >= 0.3 is 0 Å². The molecule has 0 radical (unpaired) electrons. The van der Waals surface area contributed by atoms with E-state index in [1.54, 1.807) is 37.3 Å². The first-order valence-electron chi connectivity index (χ1n) is 14.0. The second-order valence-corrected chi connectivity index (χ2v) is 12.9. The number of anilines is 1. The highest BCUT2D eigenvalue weighted by molar-refractivity contribution is 7.92. The molecule has 0 aliphatic carbocycles. The van der Waals surface area contributed by atoms with E-state index in [0.717, 1.165) is 23.8 Å². The molecular formula is C32H39ClFN3O4S. The first kappa shape index (κ1) is 33.1. The second-order valence-electron chi connectivity index (χ2n) is 10.5. The molecule has 0 unspecified atom stereocenters. The van der Waals surface area contributed by atoms with Crippen LogP contribution in [0.3, 0.4) is 0 Å². The van der Waals surface area contributed by atoms with Gasteiger partial charge in [0.15, 0.2) is 0 Å². The van der Waals surface area contributed by atoms with Crippen molar-refractivity contribution in [3.05, 3.63) is 100 Å². The van der Waals surface area contributed by atoms with E-state index in [4.69, 9.17) is 11.6 Å². The third-order valence-electron chi connectivity index (χ3n) is 7.13. The van der Waals surface area contributed by atoms with Gasteiger partial charge in [-0.05, 0) is 67.6 Å². The highest BCUT2D eigenvalue weighted by Gasteiger charge is 2.31. The molecule has 0 aliphatic rings. The maximum Gasteiger partial charge on any atom is 0.243 e. The van der Waals surface area contributed by atoms with Crippen LogP contribution in [0.15, 0.2) is 72.8 Å². The molecule has 2 atom stereocenters. The third kappa shape index (κ3) is 9.56. The number of aryl methyl sites for hydroxylation is 1. The van der Waals surface area contributed by atoms with Crippen molar-refractivity contribution in [2.75, 3.05) is 17.1 Å². The highest BCUT2D eigenvalue weighted by Crippen LogP contribution is 2.27. The van der Waals surface area contributed by atoms with Gasteiger partial charge in [0.2, 0.25) is 21.8 Å². The summed E-state index contributed by atoms with van der Waals surface area (Å²) in [4.78, 5) is 29.0. The number of carbonyl (C=O) groups is 2. The standard InChI is InChI=1S/C32H39ClFN3O4S/c1-5-24(3)35-32(39)30(20-25-10-7-6-8-11-25)36(22-26-14-17-28(34)18-15-26)31(38)12-9-19-37(42(4,40)41)29-21-27(33)16-13-23(29)2/h6-8,10-11,13-18,21,24,30H,5,9,12,19-20,22H2,1-4H3,(H,35,39)/t24-,30+/m0/s1. The lowest BCUT2D eigenvalue weighted by Crippen LogP contribution is -2.52. The number of rotatable bonds is 14. The van der Waals surface area contributed by atoms with Gasteiger partial charge in [0.05, 0.1) is 11.9 Å². The number of benzene rings is 3. The van der Waals surface area contributed by atoms with E-state index in [1.807, 2.05) is 44.2 Å². The minimum Gasteiger partial charge on any atom is -0.352 e. The minimum atomic E-state index is -3.66. The zero-order valence-electron chi connectivity index (χ0n) is 24.5. The molecule has 0 aliphatic heterocycles. The maximum absolute atomic E-state index is 13.9. The maximum atomic E-state index is 13.9. The molecule has 0 saturated heterocycles. The normalized spacial score (nSPS) is 12.8. The Balaban J connectivity index is 1.90. The topological polar surface area (TPSA) is 86.8 Å². The van der Waals surface area contributed by atoms with E-state index in [0.29, 0.717) is 16.3 Å². The molecule has 0 fully saturated rings. The van der Waals surface area contributed by atoms with Gasteiger partial charge in [0.1, 0.15) is 11.9 Å². The number of nitrogens with one attached hydrogen (secondary N) is 1. The molecular weight excluding hydrogens is 577 g/mol. The molecule has 10 heteroatoms. The Morgan fingerprint density at radius 1 is 1.00 bits per heavy atom. The molecule has 3 aromatic carbocycles. The first-order chi connectivity index (χ1) is 19.9. The van der Waals surface area contributed by atoms with Crippen molar-refractivity contribution in [3.8, 4) is 0 Å². The Morgan fingerprint density at radius 3 is 2.29 bits per heavy atom. The number of nitrogens with zero attached hydrogens (tertiary/aromatic N) is 2. The largest absolute Gasteiger partial charge is 0.352 e. The molecule has 7 nitrogen and oxygen atoms in total. The monoisotopic (exact) mass is 615 g/mol. The smallest absolute Gasteiger partial charge is 0.243 e. The van der Waals surface area contributed by atoms with Crippen molar-refractivity contribution >= 4 is 39.1 Å². The number of hydrogen-bond acceptors (Lipinski definition) is 4. The fourth-order valence-electron chi connectivity index (χ4n) is 4.62. The molecule has 3 rings (SSSR count). The quantitative estimate of drug-likeness (QED) is 0.245. The first-order valence-corrected chi connectivity index (χ1v) is 16.2. The van der Waals surface area contributed by atoms with Crippen LogP contribution in [0, 0.1) is 12.7 Å². The molecule has 226 valence electrons. The summed E-state index contributed by atoms with van der Waals surface area (Å²) < 4.78 is 40.3. The van der Waals surface area contributed by atoms with Crippen LogP contribution in [0.4, 0.5) is 10.1 Å². The molecule has 0 heterocycles. The predicted octanol–water partition coefficient (Wildman–Crippen LogP) is 5.89. The number of halogens is 2. The van der Waals surface area contributed by atoms with E-state index >= 15 is 0 Å². The van der Waals surface area contributed by atoms with E-state index < -0.39 is 21.9 Å². The lowest BCUT2D eigenvalue weighted by atomic mass is 10.0. The zero-order chi connectivity index (χ0) is 30.9. The number of amides is 2. The summed E-state index contributed by atoms with van der Waals surface area (Å²) in [7, 11) is -3.66. The van der Waals surface area contributed by atoms with Crippen LogP contribution in [-0.4, -0.2) is 50.0 Å². The summed E-state index contributed by atoms with van der Waals surface area (Å²) >= 11 is 6.16. The number of carbonyl (C=O) groups excluding carboxylic acids is 2. The van der Waals surface area contributed by atoms with Gasteiger partial charge in [-0.25, -0.2) is 12.8 Å². The highest BCUT2D eigenvalue weighted by atomic mass is 35.5. The van der Waals surface area contributed by atoms with Crippen LogP contribution in [0.2, 0.25) is 5.02 Å². The zero-order valence-corrected chi connectivity index (χ0v) is 26.1. The van der Waals surface area contributed by atoms with Crippen LogP contribution in [0.5, 0.6) is 0 Å². The predicted molar refractivity (Wildman–Crippen MR) is 166 cm³/mol. The lowest BCUT2D eigenvalue weighted by molar-refractivity contribution is -0.141. The summed E-state index contributed by atoms with van der Waals surface area (Å²) in [6.07, 6.45) is 2.33. The van der Waals surface area contributed by atoms with Crippen molar-refractivity contribution in [1.29, 1.82) is 0 Å². The Morgan fingerprint density at radius 2 is 1.67 bits per heavy atom. The van der Waals surface area contributed by atoms with Crippen LogP contribution in [0.25, 0.3) is 0 Å². The minimum absolute atomic E-state index is 0.00523. The van der Waals surface area contributed by atoms with Crippen molar-refractivity contribution < 1.29 is 22.4 Å². The molecule has 2 amide bonds. The Hall–Kier alpha value is -3.43. The number of hydrogen-bond donors (Lipinski definition) is 1. The van der Waals surface area contributed by atoms with Gasteiger partial charge in [-0.1, -0.05) is 67.1 Å². The summed E-state index contributed by atoms with van der Waals surface area (Å²) in [5.74, 6) is -0.990. The van der Waals surface area contributed by atoms with E-state index in [1.165, 1.54) is 21.3 Å². The Labute approximate surface area is 253 Å². The van der Waals surface area contributed by atoms with Gasteiger partial charge in [0.25, 0.3) is 0 Å². The molecule has 0 saturated carbocycles. The average Bonchev–Trinajstić information content (AvgIpc) is 2.95. The third-order valence-corrected chi connectivity index (χ3v) is 8.55. The molecule has 0 bridgehead atoms. The molecule has 0 spiro atoms. The fraction of sp³-hybridized carbons (Fsp3) is 0.375. The van der Waals surface area contributed by atoms with Crippen LogP contribution in [0.1, 0.15) is 49.8 Å². The summed E-state index contributed by atoms with van der Waals surface area (Å²) in [5.41, 5.74) is 2.75. The number of sulfonamides is 1. The van der Waals surface area contributed by atoms with E-state index in [-0.39, 0.29) is 50.2 Å². The van der Waals surface area contributed by atoms with Gasteiger partial charge in [-0.15, -0.1) is 0 Å². The van der Waals surface area contributed by atoms with Crippen LogP contribution in [-0.2, 0) is 32.6 Å². The van der Waals surface area contributed by atoms with Crippen molar-refractivity contribution in [1.82, 2.24) is 10.2 Å². The Kier molecular flexibility index (Phi) is 11.9. The summed E-state index contributed by atoms with van der Waals surface area (Å²) in [5, 5.41) is 3.42. The van der Waals surface area contributed by atoms with Gasteiger partial charge in [0, 0.05) is 37.0 Å². The summed E-state index contributed by atoms with van der Waals surface area (Å²) in [6, 6.07) is 19.4. The lowest BCUT2D eigenvalue weighted by Gasteiger charge is -2.33. The molecule has 3 aromatic rings. The second kappa shape index (κ2) is 15.2. The van der Waals surface area contributed by atoms with Crippen LogP contribution < -0.4 is 9.62 Å². The van der Waals surface area contributed by atoms with E-state index in [2.05, 4.69) is 5.32 Å². The van der Waals surface area contributed by atoms with Crippen LogP contribution >= 0.6 is 11.6 Å². The van der Waals surface area contributed by atoms with Crippen molar-refractivity contribution in [3.63, 3.8) is 0 Å². The molecule has 1 N–H and O–H groups in total. The SMILES string of the molecule is CC[C@H](C)NC(=O)[C@@H](Cc1ccccc1)N(Cc1ccc(F)cc1)C(=O)CCCN(c1cc(Cl)ccc1C)S(C)(=O)=O. The van der Waals surface area contributed by atoms with Crippen molar-refractivity contribution in [2.24, 2.45) is 0 Å². The van der Waals surface area contributed by atoms with Gasteiger partial charge < -0.3 is 10.2 Å². The average molecular weight is 616 g/mol. The molecule has 0 aromatic heterocycles. The van der Waals surface area contributed by atoms with Gasteiger partial charge in [-0.2, -0.15) is 0 Å². The Bertz CT molecular complexity index is 1450. The molecule has 42 heavy (non-hydrogen) atoms. The van der Waals surface area contributed by atoms with Crippen molar-refractivity contribution in [2.45, 2.75) is 65.1 Å².